The zero-order valence-corrected chi connectivity index (χ0v) is 16.0. The van der Waals surface area contributed by atoms with Crippen molar-refractivity contribution < 1.29 is 9.53 Å². The fourth-order valence-corrected chi connectivity index (χ4v) is 3.09. The van der Waals surface area contributed by atoms with Gasteiger partial charge in [0.25, 0.3) is 5.91 Å². The van der Waals surface area contributed by atoms with Crippen LogP contribution >= 0.6 is 0 Å². The van der Waals surface area contributed by atoms with Gasteiger partial charge < -0.3 is 15.0 Å². The highest BCUT2D eigenvalue weighted by Crippen LogP contribution is 2.23. The van der Waals surface area contributed by atoms with Gasteiger partial charge in [0.15, 0.2) is 5.82 Å². The second-order valence-corrected chi connectivity index (χ2v) is 6.55. The Morgan fingerprint density at radius 1 is 1.26 bits per heavy atom. The Hall–Kier alpha value is -2.51. The SMILES string of the molecule is CCN(c1cccc(C)c1)c1cnc(C(=O)NCCN2CCOCC2)cn1. The van der Waals surface area contributed by atoms with Crippen LogP contribution in [-0.2, 0) is 4.74 Å². The fourth-order valence-electron chi connectivity index (χ4n) is 3.09. The highest BCUT2D eigenvalue weighted by atomic mass is 16.5. The molecule has 0 saturated carbocycles. The van der Waals surface area contributed by atoms with E-state index in [0.717, 1.165) is 50.9 Å². The van der Waals surface area contributed by atoms with Crippen molar-refractivity contribution in [2.75, 3.05) is 50.8 Å². The molecule has 7 nitrogen and oxygen atoms in total. The largest absolute Gasteiger partial charge is 0.379 e. The number of ether oxygens (including phenoxy) is 1. The first-order valence-corrected chi connectivity index (χ1v) is 9.42. The number of hydrogen-bond acceptors (Lipinski definition) is 6. The molecule has 0 radical (unpaired) electrons. The van der Waals surface area contributed by atoms with E-state index in [-0.39, 0.29) is 5.91 Å². The number of nitrogens with one attached hydrogen (secondary N) is 1. The average molecular weight is 369 g/mol. The van der Waals surface area contributed by atoms with E-state index in [1.807, 2.05) is 12.1 Å². The molecular formula is C20H27N5O2. The highest BCUT2D eigenvalue weighted by Gasteiger charge is 2.14. The summed E-state index contributed by atoms with van der Waals surface area (Å²) in [5, 5.41) is 2.91. The van der Waals surface area contributed by atoms with Gasteiger partial charge in [-0.3, -0.25) is 9.69 Å². The number of morpholine rings is 1. The number of benzene rings is 1. The Balaban J connectivity index is 1.57. The van der Waals surface area contributed by atoms with E-state index in [9.17, 15) is 4.79 Å². The Morgan fingerprint density at radius 2 is 2.07 bits per heavy atom. The number of carbonyl (C=O) groups is 1. The van der Waals surface area contributed by atoms with Crippen molar-refractivity contribution in [2.45, 2.75) is 13.8 Å². The fraction of sp³-hybridized carbons (Fsp3) is 0.450. The molecule has 1 fully saturated rings. The second kappa shape index (κ2) is 9.43. The molecule has 0 spiro atoms. The van der Waals surface area contributed by atoms with Gasteiger partial charge in [-0.05, 0) is 31.5 Å². The lowest BCUT2D eigenvalue weighted by Gasteiger charge is -2.26. The average Bonchev–Trinajstić information content (AvgIpc) is 2.70. The molecule has 7 heteroatoms. The minimum absolute atomic E-state index is 0.194. The maximum Gasteiger partial charge on any atom is 0.271 e. The summed E-state index contributed by atoms with van der Waals surface area (Å²) in [6.07, 6.45) is 3.20. The van der Waals surface area contributed by atoms with Crippen LogP contribution in [0.5, 0.6) is 0 Å². The summed E-state index contributed by atoms with van der Waals surface area (Å²) in [7, 11) is 0. The van der Waals surface area contributed by atoms with Crippen molar-refractivity contribution in [3.05, 3.63) is 47.9 Å². The molecule has 2 aromatic rings. The molecule has 3 rings (SSSR count). The third-order valence-electron chi connectivity index (χ3n) is 4.59. The first-order valence-electron chi connectivity index (χ1n) is 9.42. The molecule has 1 aliphatic rings. The predicted molar refractivity (Wildman–Crippen MR) is 105 cm³/mol. The third kappa shape index (κ3) is 5.24. The molecule has 1 saturated heterocycles. The van der Waals surface area contributed by atoms with Gasteiger partial charge >= 0.3 is 0 Å². The molecule has 1 amide bonds. The summed E-state index contributed by atoms with van der Waals surface area (Å²) in [5.74, 6) is 0.536. The summed E-state index contributed by atoms with van der Waals surface area (Å²) < 4.78 is 5.32. The maximum absolute atomic E-state index is 12.3. The Morgan fingerprint density at radius 3 is 2.74 bits per heavy atom. The molecule has 0 bridgehead atoms. The lowest BCUT2D eigenvalue weighted by atomic mass is 10.2. The van der Waals surface area contributed by atoms with Gasteiger partial charge in [0, 0.05) is 38.4 Å². The molecule has 0 atom stereocenters. The quantitative estimate of drug-likeness (QED) is 0.805. The Labute approximate surface area is 160 Å². The smallest absolute Gasteiger partial charge is 0.271 e. The molecule has 144 valence electrons. The van der Waals surface area contributed by atoms with Crippen LogP contribution in [0.3, 0.4) is 0 Å². The van der Waals surface area contributed by atoms with Crippen molar-refractivity contribution in [1.82, 2.24) is 20.2 Å². The lowest BCUT2D eigenvalue weighted by Crippen LogP contribution is -2.41. The number of carbonyl (C=O) groups excluding carboxylic acids is 1. The van der Waals surface area contributed by atoms with Gasteiger partial charge in [-0.2, -0.15) is 0 Å². The Kier molecular flexibility index (Phi) is 6.73. The Bertz CT molecular complexity index is 744. The van der Waals surface area contributed by atoms with Crippen LogP contribution in [0, 0.1) is 6.92 Å². The van der Waals surface area contributed by atoms with Crippen LogP contribution in [0.1, 0.15) is 23.0 Å². The van der Waals surface area contributed by atoms with E-state index in [1.54, 1.807) is 6.20 Å². The van der Waals surface area contributed by atoms with Crippen LogP contribution < -0.4 is 10.2 Å². The number of hydrogen-bond donors (Lipinski definition) is 1. The monoisotopic (exact) mass is 369 g/mol. The minimum atomic E-state index is -0.194. The molecule has 1 aliphatic heterocycles. The molecule has 1 N–H and O–H groups in total. The number of amides is 1. The molecule has 0 aliphatic carbocycles. The van der Waals surface area contributed by atoms with Crippen molar-refractivity contribution in [2.24, 2.45) is 0 Å². The van der Waals surface area contributed by atoms with E-state index in [2.05, 4.69) is 51.1 Å². The number of rotatable bonds is 7. The number of aryl methyl sites for hydroxylation is 1. The summed E-state index contributed by atoms with van der Waals surface area (Å²) in [5.41, 5.74) is 2.59. The van der Waals surface area contributed by atoms with Crippen LogP contribution in [0.25, 0.3) is 0 Å². The van der Waals surface area contributed by atoms with Gasteiger partial charge in [0.1, 0.15) is 5.69 Å². The van der Waals surface area contributed by atoms with Crippen molar-refractivity contribution >= 4 is 17.4 Å². The number of aromatic nitrogens is 2. The van der Waals surface area contributed by atoms with Gasteiger partial charge in [-0.25, -0.2) is 9.97 Å². The summed E-state index contributed by atoms with van der Waals surface area (Å²) in [4.78, 5) is 25.4. The summed E-state index contributed by atoms with van der Waals surface area (Å²) >= 11 is 0. The van der Waals surface area contributed by atoms with Gasteiger partial charge in [-0.1, -0.05) is 12.1 Å². The predicted octanol–water partition coefficient (Wildman–Crippen LogP) is 2.01. The van der Waals surface area contributed by atoms with E-state index in [0.29, 0.717) is 12.2 Å². The van der Waals surface area contributed by atoms with Crippen LogP contribution in [0.4, 0.5) is 11.5 Å². The molecule has 1 aromatic heterocycles. The van der Waals surface area contributed by atoms with E-state index < -0.39 is 0 Å². The molecule has 1 aromatic carbocycles. The minimum Gasteiger partial charge on any atom is -0.379 e. The van der Waals surface area contributed by atoms with Crippen molar-refractivity contribution in [3.8, 4) is 0 Å². The van der Waals surface area contributed by atoms with E-state index in [4.69, 9.17) is 4.74 Å². The number of nitrogens with zero attached hydrogens (tertiary/aromatic N) is 4. The lowest BCUT2D eigenvalue weighted by molar-refractivity contribution is 0.0383. The zero-order valence-electron chi connectivity index (χ0n) is 16.0. The maximum atomic E-state index is 12.3. The van der Waals surface area contributed by atoms with Crippen LogP contribution in [-0.4, -0.2) is 66.7 Å². The van der Waals surface area contributed by atoms with Crippen LogP contribution in [0.2, 0.25) is 0 Å². The first-order chi connectivity index (χ1) is 13.2. The normalized spacial score (nSPS) is 14.7. The van der Waals surface area contributed by atoms with Gasteiger partial charge in [-0.15, -0.1) is 0 Å². The zero-order chi connectivity index (χ0) is 19.1. The topological polar surface area (TPSA) is 70.6 Å². The second-order valence-electron chi connectivity index (χ2n) is 6.55. The van der Waals surface area contributed by atoms with Crippen molar-refractivity contribution in [3.63, 3.8) is 0 Å². The van der Waals surface area contributed by atoms with Crippen molar-refractivity contribution in [1.29, 1.82) is 0 Å². The highest BCUT2D eigenvalue weighted by molar-refractivity contribution is 5.92. The molecule has 0 unspecified atom stereocenters. The van der Waals surface area contributed by atoms with E-state index in [1.165, 1.54) is 11.8 Å². The molecule has 27 heavy (non-hydrogen) atoms. The standard InChI is InChI=1S/C20H27N5O2/c1-3-25(17-6-4-5-16(2)13-17)19-15-22-18(14-23-19)20(26)21-7-8-24-9-11-27-12-10-24/h4-6,13-15H,3,7-12H2,1-2H3,(H,21,26). The summed E-state index contributed by atoms with van der Waals surface area (Å²) in [6.45, 7) is 9.65. The number of anilines is 2. The van der Waals surface area contributed by atoms with E-state index >= 15 is 0 Å². The van der Waals surface area contributed by atoms with Gasteiger partial charge in [0.2, 0.25) is 0 Å². The van der Waals surface area contributed by atoms with Crippen LogP contribution in [0.15, 0.2) is 36.7 Å². The summed E-state index contributed by atoms with van der Waals surface area (Å²) in [6, 6.07) is 8.24. The van der Waals surface area contributed by atoms with Gasteiger partial charge in [0.05, 0.1) is 25.6 Å². The third-order valence-corrected chi connectivity index (χ3v) is 4.59. The first kappa shape index (κ1) is 19.3. The molecular weight excluding hydrogens is 342 g/mol. The molecule has 2 heterocycles.